The first-order valence-electron chi connectivity index (χ1n) is 16.9. The minimum atomic E-state index is -3.03. The third kappa shape index (κ3) is 5.44. The van der Waals surface area contributed by atoms with Crippen LogP contribution in [0.2, 0.25) is 0 Å². The summed E-state index contributed by atoms with van der Waals surface area (Å²) < 4.78 is 78.5. The summed E-state index contributed by atoms with van der Waals surface area (Å²) >= 11 is 0. The van der Waals surface area contributed by atoms with Crippen LogP contribution in [0.1, 0.15) is 24.3 Å². The number of amides is 1. The lowest BCUT2D eigenvalue weighted by atomic mass is 10.0. The van der Waals surface area contributed by atoms with E-state index in [-0.39, 0.29) is 33.7 Å². The molecule has 202 valence electrons. The van der Waals surface area contributed by atoms with Crippen LogP contribution < -0.4 is 20.3 Å². The average Bonchev–Trinajstić information content (AvgIpc) is 3.38. The molecular formula is C30H35N7O2. The van der Waals surface area contributed by atoms with Gasteiger partial charge in [-0.05, 0) is 50.6 Å². The second-order valence-corrected chi connectivity index (χ2v) is 9.11. The molecule has 0 unspecified atom stereocenters. The van der Waals surface area contributed by atoms with Gasteiger partial charge < -0.3 is 29.7 Å². The lowest BCUT2D eigenvalue weighted by molar-refractivity contribution is -0.111. The van der Waals surface area contributed by atoms with Gasteiger partial charge in [-0.3, -0.25) is 4.79 Å². The highest BCUT2D eigenvalue weighted by molar-refractivity contribution is 6.02. The molecule has 2 aromatic heterocycles. The normalized spacial score (nSPS) is 16.8. The summed E-state index contributed by atoms with van der Waals surface area (Å²) in [6.45, 7) is -5.80. The molecule has 0 saturated carbocycles. The molecule has 0 radical (unpaired) electrons. The summed E-state index contributed by atoms with van der Waals surface area (Å²) in [7, 11) is 1.36. The highest BCUT2D eigenvalue weighted by Crippen LogP contribution is 2.39. The highest BCUT2D eigenvalue weighted by atomic mass is 16.5. The number of aromatic nitrogens is 3. The fourth-order valence-corrected chi connectivity index (χ4v) is 4.81. The molecule has 0 bridgehead atoms. The number of hydrogen-bond donors (Lipinski definition) is 2. The molecule has 2 N–H and O–H groups in total. The molecule has 5 rings (SSSR count). The maximum atomic E-state index is 12.5. The first-order chi connectivity index (χ1) is 22.5. The van der Waals surface area contributed by atoms with E-state index in [1.54, 1.807) is 12.3 Å². The third-order valence-corrected chi connectivity index (χ3v) is 6.60. The van der Waals surface area contributed by atoms with Gasteiger partial charge in [-0.2, -0.15) is 0 Å². The van der Waals surface area contributed by atoms with Crippen LogP contribution in [-0.2, 0) is 17.8 Å². The zero-order valence-corrected chi connectivity index (χ0v) is 21.5. The zero-order valence-electron chi connectivity index (χ0n) is 30.5. The highest BCUT2D eigenvalue weighted by Gasteiger charge is 2.19. The van der Waals surface area contributed by atoms with Crippen LogP contribution in [0.3, 0.4) is 0 Å². The average molecular weight is 535 g/mol. The predicted molar refractivity (Wildman–Crippen MR) is 158 cm³/mol. The Labute approximate surface area is 241 Å². The van der Waals surface area contributed by atoms with Crippen molar-refractivity contribution >= 4 is 39.8 Å². The Morgan fingerprint density at radius 2 is 2.13 bits per heavy atom. The number of methoxy groups -OCH3 is 1. The number of nitrogens with one attached hydrogen (secondary N) is 2. The standard InChI is InChI=1S/C30H35N7O2/c1-6-28(38)32-24-17-25(27(39-5)18-26(24)36(4)16-15-35(2)3)34-30-31-13-12-23(33-30)22-19-37-14-8-10-20-9-7-11-21(22)29(20)37/h6-7,9,11-13,17-19H,1,8,10,14-16H2,2-5H3,(H,32,38)(H,31,33,34)/i2D3,3D3,4D3. The van der Waals surface area contributed by atoms with Crippen molar-refractivity contribution in [3.63, 3.8) is 0 Å². The van der Waals surface area contributed by atoms with E-state index < -0.39 is 39.9 Å². The molecule has 0 saturated heterocycles. The summed E-state index contributed by atoms with van der Waals surface area (Å²) in [5.41, 5.74) is 4.28. The topological polar surface area (TPSA) is 87.6 Å². The van der Waals surface area contributed by atoms with E-state index in [1.807, 2.05) is 6.07 Å². The number of benzene rings is 2. The summed E-state index contributed by atoms with van der Waals surface area (Å²) in [6.07, 6.45) is 6.75. The number of ether oxygens (including phenoxy) is 1. The quantitative estimate of drug-likeness (QED) is 0.279. The molecule has 0 spiro atoms. The fourth-order valence-electron chi connectivity index (χ4n) is 4.81. The Bertz CT molecular complexity index is 1820. The molecule has 2 aromatic carbocycles. The SMILES string of the molecule is [2H]C([2H])([2H])N(CCN(C([2H])([2H])[2H])C([2H])([2H])[2H])c1cc(OC)c(Nc2nccc(-c3cn4c5c(cccc35)CCC4)n2)cc1NC(=O)C=C. The Kier molecular flexibility index (Phi) is 4.94. The number of nitrogens with zero attached hydrogens (tertiary/aromatic N) is 5. The van der Waals surface area contributed by atoms with Crippen molar-refractivity contribution in [1.29, 1.82) is 0 Å². The number of carbonyl (C=O) groups is 1. The molecule has 0 atom stereocenters. The fraction of sp³-hybridized carbons (Fsp3) is 0.300. The van der Waals surface area contributed by atoms with Crippen molar-refractivity contribution in [2.24, 2.45) is 0 Å². The third-order valence-electron chi connectivity index (χ3n) is 6.60. The number of rotatable bonds is 10. The van der Waals surface area contributed by atoms with E-state index in [4.69, 9.17) is 22.1 Å². The molecule has 1 amide bonds. The van der Waals surface area contributed by atoms with Crippen LogP contribution in [0, 0.1) is 0 Å². The van der Waals surface area contributed by atoms with Crippen LogP contribution in [0.25, 0.3) is 22.2 Å². The van der Waals surface area contributed by atoms with Gasteiger partial charge in [0.15, 0.2) is 0 Å². The lowest BCUT2D eigenvalue weighted by Gasteiger charge is -2.26. The van der Waals surface area contributed by atoms with Crippen molar-refractivity contribution in [2.75, 3.05) is 56.7 Å². The van der Waals surface area contributed by atoms with Crippen LogP contribution in [-0.4, -0.2) is 66.5 Å². The summed E-state index contributed by atoms with van der Waals surface area (Å²) in [5, 5.41) is 6.78. The summed E-state index contributed by atoms with van der Waals surface area (Å²) in [6, 6.07) is 10.8. The van der Waals surface area contributed by atoms with E-state index in [0.717, 1.165) is 41.3 Å². The number of hydrogen-bond acceptors (Lipinski definition) is 7. The predicted octanol–water partition coefficient (Wildman–Crippen LogP) is 4.92. The van der Waals surface area contributed by atoms with E-state index in [0.29, 0.717) is 5.69 Å². The van der Waals surface area contributed by atoms with Gasteiger partial charge in [0.1, 0.15) is 5.75 Å². The molecule has 4 aromatic rings. The first kappa shape index (κ1) is 17.3. The number of anilines is 4. The Morgan fingerprint density at radius 1 is 1.23 bits per heavy atom. The largest absolute Gasteiger partial charge is 0.494 e. The number of aryl methyl sites for hydroxylation is 2. The van der Waals surface area contributed by atoms with Gasteiger partial charge in [-0.25, -0.2) is 9.97 Å². The van der Waals surface area contributed by atoms with Gasteiger partial charge >= 0.3 is 0 Å². The molecule has 39 heavy (non-hydrogen) atoms. The minimum Gasteiger partial charge on any atom is -0.494 e. The van der Waals surface area contributed by atoms with Gasteiger partial charge in [-0.15, -0.1) is 0 Å². The van der Waals surface area contributed by atoms with Crippen LogP contribution in [0.4, 0.5) is 23.0 Å². The van der Waals surface area contributed by atoms with Crippen LogP contribution in [0.5, 0.6) is 5.75 Å². The lowest BCUT2D eigenvalue weighted by Crippen LogP contribution is -2.29. The summed E-state index contributed by atoms with van der Waals surface area (Å²) in [4.78, 5) is 22.7. The van der Waals surface area contributed by atoms with Crippen molar-refractivity contribution < 1.29 is 21.9 Å². The molecule has 9 heteroatoms. The monoisotopic (exact) mass is 534 g/mol. The number of para-hydroxylation sites is 1. The second kappa shape index (κ2) is 11.2. The number of carbonyl (C=O) groups excluding carboxylic acids is 1. The molecule has 1 aliphatic rings. The maximum Gasteiger partial charge on any atom is 0.247 e. The Morgan fingerprint density at radius 3 is 2.92 bits per heavy atom. The van der Waals surface area contributed by atoms with Crippen LogP contribution in [0.15, 0.2) is 61.4 Å². The van der Waals surface area contributed by atoms with E-state index in [9.17, 15) is 4.79 Å². The smallest absolute Gasteiger partial charge is 0.247 e. The maximum absolute atomic E-state index is 12.5. The molecule has 0 aliphatic carbocycles. The molecular weight excluding hydrogens is 490 g/mol. The van der Waals surface area contributed by atoms with Gasteiger partial charge in [0, 0.05) is 68.4 Å². The van der Waals surface area contributed by atoms with E-state index in [1.165, 1.54) is 30.3 Å². The van der Waals surface area contributed by atoms with Crippen molar-refractivity contribution in [3.8, 4) is 17.0 Å². The molecule has 3 heterocycles. The van der Waals surface area contributed by atoms with Crippen molar-refractivity contribution in [2.45, 2.75) is 19.4 Å². The molecule has 9 nitrogen and oxygen atoms in total. The number of likely N-dealkylation sites (N-methyl/N-ethyl adjacent to an activating group) is 2. The van der Waals surface area contributed by atoms with Gasteiger partial charge in [0.2, 0.25) is 11.9 Å². The van der Waals surface area contributed by atoms with E-state index >= 15 is 0 Å². The Hall–Kier alpha value is -4.37. The first-order valence-corrected chi connectivity index (χ1v) is 12.4. The summed E-state index contributed by atoms with van der Waals surface area (Å²) in [5.74, 6) is -0.318. The van der Waals surface area contributed by atoms with E-state index in [2.05, 4.69) is 45.1 Å². The minimum absolute atomic E-state index is 0.00112. The van der Waals surface area contributed by atoms with Crippen molar-refractivity contribution in [1.82, 2.24) is 19.4 Å². The molecule has 0 fully saturated rings. The van der Waals surface area contributed by atoms with Crippen LogP contribution >= 0.6 is 0 Å². The van der Waals surface area contributed by atoms with Gasteiger partial charge in [0.25, 0.3) is 0 Å². The zero-order chi connectivity index (χ0) is 35.0. The second-order valence-electron chi connectivity index (χ2n) is 9.11. The molecule has 1 aliphatic heterocycles. The van der Waals surface area contributed by atoms with Crippen molar-refractivity contribution in [3.05, 3.63) is 67.0 Å². The Balaban J connectivity index is 1.54. The van der Waals surface area contributed by atoms with Gasteiger partial charge in [-0.1, -0.05) is 24.8 Å². The van der Waals surface area contributed by atoms with Gasteiger partial charge in [0.05, 0.1) is 35.4 Å².